The van der Waals surface area contributed by atoms with Crippen LogP contribution in [0.25, 0.3) is 11.1 Å². The van der Waals surface area contributed by atoms with E-state index in [1.165, 1.54) is 23.5 Å². The van der Waals surface area contributed by atoms with E-state index < -0.39 is 5.97 Å². The van der Waals surface area contributed by atoms with Crippen molar-refractivity contribution in [1.29, 1.82) is 0 Å². The summed E-state index contributed by atoms with van der Waals surface area (Å²) in [6.45, 7) is 4.05. The van der Waals surface area contributed by atoms with Gasteiger partial charge in [0.1, 0.15) is 16.4 Å². The number of carbonyl (C=O) groups excluding carboxylic acids is 3. The van der Waals surface area contributed by atoms with E-state index in [4.69, 9.17) is 4.74 Å². The smallest absolute Gasteiger partial charge is 0.341 e. The Kier molecular flexibility index (Phi) is 6.79. The number of amides is 1. The summed E-state index contributed by atoms with van der Waals surface area (Å²) in [5, 5.41) is 3.18. The highest BCUT2D eigenvalue weighted by Gasteiger charge is 2.25. The Morgan fingerprint density at radius 2 is 1.97 bits per heavy atom. The Morgan fingerprint density at radius 1 is 1.23 bits per heavy atom. The molecule has 0 radical (unpaired) electrons. The first-order valence-corrected chi connectivity index (χ1v) is 10.2. The molecule has 2 aromatic heterocycles. The average Bonchev–Trinajstić information content (AvgIpc) is 3.31. The summed E-state index contributed by atoms with van der Waals surface area (Å²) in [5.41, 5.74) is 2.02. The largest absolute Gasteiger partial charge is 0.462 e. The molecular formula is C22H21FN2O4S. The second-order valence-electron chi connectivity index (χ2n) is 6.51. The molecule has 2 heterocycles. The number of nitrogens with one attached hydrogen (secondary N) is 1. The van der Waals surface area contributed by atoms with E-state index in [-0.39, 0.29) is 30.3 Å². The molecule has 156 valence electrons. The molecule has 1 N–H and O–H groups in total. The van der Waals surface area contributed by atoms with Gasteiger partial charge in [0.15, 0.2) is 6.29 Å². The first kappa shape index (κ1) is 21.4. The first-order chi connectivity index (χ1) is 14.4. The van der Waals surface area contributed by atoms with Crippen molar-refractivity contribution in [2.75, 3.05) is 11.9 Å². The van der Waals surface area contributed by atoms with Crippen LogP contribution in [0.5, 0.6) is 0 Å². The Labute approximate surface area is 177 Å². The van der Waals surface area contributed by atoms with Crippen LogP contribution in [0.3, 0.4) is 0 Å². The number of thiophene rings is 1. The second kappa shape index (κ2) is 9.49. The topological polar surface area (TPSA) is 77.4 Å². The monoisotopic (exact) mass is 428 g/mol. The molecule has 1 amide bonds. The van der Waals surface area contributed by atoms with Crippen LogP contribution in [-0.4, -0.2) is 29.3 Å². The van der Waals surface area contributed by atoms with Gasteiger partial charge in [0, 0.05) is 29.6 Å². The molecule has 0 saturated carbocycles. The predicted molar refractivity (Wildman–Crippen MR) is 113 cm³/mol. The number of anilines is 1. The lowest BCUT2D eigenvalue weighted by Gasteiger charge is -2.10. The van der Waals surface area contributed by atoms with Gasteiger partial charge in [0.05, 0.1) is 12.3 Å². The van der Waals surface area contributed by atoms with Gasteiger partial charge in [0.25, 0.3) is 0 Å². The molecule has 1 aromatic carbocycles. The van der Waals surface area contributed by atoms with Crippen molar-refractivity contribution in [1.82, 2.24) is 4.57 Å². The number of hydrogen-bond donors (Lipinski definition) is 1. The molecule has 0 bridgehead atoms. The minimum Gasteiger partial charge on any atom is -0.462 e. The molecule has 0 unspecified atom stereocenters. The number of ether oxygens (including phenoxy) is 1. The fourth-order valence-corrected chi connectivity index (χ4v) is 4.22. The Morgan fingerprint density at radius 3 is 2.63 bits per heavy atom. The Hall–Kier alpha value is -3.26. The third kappa shape index (κ3) is 4.65. The van der Waals surface area contributed by atoms with Crippen LogP contribution in [0.15, 0.2) is 42.6 Å². The fourth-order valence-electron chi connectivity index (χ4n) is 3.14. The van der Waals surface area contributed by atoms with Crippen molar-refractivity contribution < 1.29 is 23.5 Å². The number of aryl methyl sites for hydroxylation is 2. The molecular weight excluding hydrogens is 407 g/mol. The zero-order valence-corrected chi connectivity index (χ0v) is 17.4. The molecule has 6 nitrogen and oxygen atoms in total. The highest BCUT2D eigenvalue weighted by molar-refractivity contribution is 7.17. The van der Waals surface area contributed by atoms with E-state index in [1.807, 2.05) is 6.92 Å². The number of hydrogen-bond acceptors (Lipinski definition) is 5. The van der Waals surface area contributed by atoms with E-state index in [1.54, 1.807) is 42.0 Å². The summed E-state index contributed by atoms with van der Waals surface area (Å²) in [7, 11) is 0. The molecule has 0 fully saturated rings. The van der Waals surface area contributed by atoms with Crippen molar-refractivity contribution in [3.63, 3.8) is 0 Å². The highest BCUT2D eigenvalue weighted by atomic mass is 32.1. The number of aromatic nitrogens is 1. The Bertz CT molecular complexity index is 1070. The normalized spacial score (nSPS) is 10.6. The van der Waals surface area contributed by atoms with Gasteiger partial charge in [-0.25, -0.2) is 9.18 Å². The summed E-state index contributed by atoms with van der Waals surface area (Å²) in [6.07, 6.45) is 2.58. The van der Waals surface area contributed by atoms with Gasteiger partial charge in [-0.05, 0) is 43.7 Å². The maximum absolute atomic E-state index is 13.3. The van der Waals surface area contributed by atoms with E-state index >= 15 is 0 Å². The second-order valence-corrected chi connectivity index (χ2v) is 7.73. The number of benzene rings is 1. The minimum atomic E-state index is -0.551. The van der Waals surface area contributed by atoms with Gasteiger partial charge in [-0.1, -0.05) is 12.1 Å². The van der Waals surface area contributed by atoms with Crippen molar-refractivity contribution >= 4 is 34.5 Å². The molecule has 0 aliphatic carbocycles. The van der Waals surface area contributed by atoms with Crippen LogP contribution in [0, 0.1) is 12.7 Å². The van der Waals surface area contributed by atoms with E-state index in [0.717, 1.165) is 11.2 Å². The summed E-state index contributed by atoms with van der Waals surface area (Å²) in [4.78, 5) is 37.0. The maximum Gasteiger partial charge on any atom is 0.341 e. The number of carbonyl (C=O) groups is 3. The summed E-state index contributed by atoms with van der Waals surface area (Å²) >= 11 is 1.26. The maximum atomic E-state index is 13.3. The number of halogens is 1. The predicted octanol–water partition coefficient (Wildman–Crippen LogP) is 4.68. The number of nitrogens with zero attached hydrogens (tertiary/aromatic N) is 1. The van der Waals surface area contributed by atoms with Crippen LogP contribution in [0.1, 0.15) is 39.1 Å². The van der Waals surface area contributed by atoms with Crippen molar-refractivity contribution in [2.45, 2.75) is 26.8 Å². The highest BCUT2D eigenvalue weighted by Crippen LogP contribution is 2.40. The molecule has 0 saturated heterocycles. The summed E-state index contributed by atoms with van der Waals surface area (Å²) in [6, 6.07) is 9.22. The number of aldehydes is 1. The molecule has 30 heavy (non-hydrogen) atoms. The van der Waals surface area contributed by atoms with Gasteiger partial charge in [-0.2, -0.15) is 0 Å². The zero-order valence-electron chi connectivity index (χ0n) is 16.6. The third-order valence-electron chi connectivity index (χ3n) is 4.51. The van der Waals surface area contributed by atoms with Crippen LogP contribution in [-0.2, 0) is 16.1 Å². The molecule has 8 heteroatoms. The number of rotatable bonds is 8. The van der Waals surface area contributed by atoms with E-state index in [0.29, 0.717) is 28.4 Å². The van der Waals surface area contributed by atoms with Gasteiger partial charge in [-0.15, -0.1) is 11.3 Å². The van der Waals surface area contributed by atoms with Crippen molar-refractivity contribution in [3.05, 3.63) is 64.5 Å². The Balaban J connectivity index is 1.87. The quantitative estimate of drug-likeness (QED) is 0.417. The van der Waals surface area contributed by atoms with Gasteiger partial charge >= 0.3 is 5.97 Å². The van der Waals surface area contributed by atoms with E-state index in [9.17, 15) is 18.8 Å². The first-order valence-electron chi connectivity index (χ1n) is 9.41. The molecule has 3 aromatic rings. The van der Waals surface area contributed by atoms with Crippen LogP contribution in [0.4, 0.5) is 9.39 Å². The van der Waals surface area contributed by atoms with E-state index in [2.05, 4.69) is 5.32 Å². The van der Waals surface area contributed by atoms with Gasteiger partial charge in [0.2, 0.25) is 5.91 Å². The van der Waals surface area contributed by atoms with Crippen LogP contribution < -0.4 is 5.32 Å². The lowest BCUT2D eigenvalue weighted by atomic mass is 10.0. The molecule has 3 rings (SSSR count). The summed E-state index contributed by atoms with van der Waals surface area (Å²) < 4.78 is 20.2. The molecule has 0 aliphatic rings. The minimum absolute atomic E-state index is 0.126. The van der Waals surface area contributed by atoms with Crippen LogP contribution >= 0.6 is 11.3 Å². The lowest BCUT2D eigenvalue weighted by molar-refractivity contribution is -0.116. The SMILES string of the molecule is CCOC(=O)c1c(NC(=O)CCn2cccc2C=O)sc(C)c1-c1ccc(F)cc1. The standard InChI is InChI=1S/C22H21FN2O4S/c1-3-29-22(28)20-19(15-6-8-16(23)9-7-15)14(2)30-21(20)24-18(27)10-12-25-11-4-5-17(25)13-26/h4-9,11,13H,3,10,12H2,1-2H3,(H,24,27). The zero-order chi connectivity index (χ0) is 21.7. The molecule has 0 atom stereocenters. The lowest BCUT2D eigenvalue weighted by Crippen LogP contribution is -2.16. The molecule has 0 aliphatic heterocycles. The van der Waals surface area contributed by atoms with Crippen molar-refractivity contribution in [2.24, 2.45) is 0 Å². The van der Waals surface area contributed by atoms with Gasteiger partial charge in [-0.3, -0.25) is 9.59 Å². The van der Waals surface area contributed by atoms with Gasteiger partial charge < -0.3 is 14.6 Å². The fraction of sp³-hybridized carbons (Fsp3) is 0.227. The van der Waals surface area contributed by atoms with Crippen molar-refractivity contribution in [3.8, 4) is 11.1 Å². The summed E-state index contributed by atoms with van der Waals surface area (Å²) in [5.74, 6) is -1.22. The van der Waals surface area contributed by atoms with Crippen LogP contribution in [0.2, 0.25) is 0 Å². The average molecular weight is 428 g/mol. The number of esters is 1. The third-order valence-corrected chi connectivity index (χ3v) is 5.54. The molecule has 0 spiro atoms.